The van der Waals surface area contributed by atoms with Gasteiger partial charge in [0.1, 0.15) is 11.7 Å². The van der Waals surface area contributed by atoms with E-state index in [2.05, 4.69) is 48.5 Å². The number of amidine groups is 4. The third-order valence-corrected chi connectivity index (χ3v) is 7.72. The summed E-state index contributed by atoms with van der Waals surface area (Å²) >= 11 is 0. The van der Waals surface area contributed by atoms with Crippen LogP contribution in [0.5, 0.6) is 0 Å². The molecule has 0 radical (unpaired) electrons. The molecule has 0 atom stereocenters. The molecule has 6 rings (SSSR count). The van der Waals surface area contributed by atoms with Crippen molar-refractivity contribution in [3.05, 3.63) is 203 Å². The van der Waals surface area contributed by atoms with Crippen LogP contribution in [0.3, 0.4) is 0 Å². The van der Waals surface area contributed by atoms with Gasteiger partial charge < -0.3 is 11.5 Å². The Morgan fingerprint density at radius 2 is 0.688 bits per heavy atom. The zero-order chi connectivity index (χ0) is 33.0. The zero-order valence-electron chi connectivity index (χ0n) is 26.5. The lowest BCUT2D eigenvalue weighted by atomic mass is 10.0. The molecule has 0 spiro atoms. The first kappa shape index (κ1) is 31.6. The molecule has 0 aliphatic rings. The van der Waals surface area contributed by atoms with Crippen LogP contribution in [0.2, 0.25) is 0 Å². The van der Waals surface area contributed by atoms with Crippen molar-refractivity contribution in [1.29, 1.82) is 0 Å². The summed E-state index contributed by atoms with van der Waals surface area (Å²) in [5, 5.41) is 0. The molecule has 0 amide bonds. The van der Waals surface area contributed by atoms with Gasteiger partial charge in [0.15, 0.2) is 11.7 Å². The Labute approximate surface area is 281 Å². The molecule has 6 heteroatoms. The van der Waals surface area contributed by atoms with Crippen LogP contribution < -0.4 is 11.5 Å². The molecule has 0 heterocycles. The van der Waals surface area contributed by atoms with Gasteiger partial charge in [-0.2, -0.15) is 0 Å². The Morgan fingerprint density at radius 1 is 0.354 bits per heavy atom. The van der Waals surface area contributed by atoms with Gasteiger partial charge in [-0.3, -0.25) is 9.98 Å². The van der Waals surface area contributed by atoms with Crippen LogP contribution in [0, 0.1) is 0 Å². The lowest BCUT2D eigenvalue weighted by Gasteiger charge is -2.08. The summed E-state index contributed by atoms with van der Waals surface area (Å²) in [7, 11) is 0. The Morgan fingerprint density at radius 3 is 1.12 bits per heavy atom. The molecule has 0 fully saturated rings. The number of aliphatic imine (C=N–C) groups is 4. The van der Waals surface area contributed by atoms with Crippen LogP contribution in [0.4, 0.5) is 0 Å². The average Bonchev–Trinajstić information content (AvgIpc) is 3.16. The van der Waals surface area contributed by atoms with Gasteiger partial charge in [0, 0.05) is 22.3 Å². The van der Waals surface area contributed by atoms with Gasteiger partial charge in [0.05, 0.1) is 13.1 Å². The number of rotatable bonds is 9. The van der Waals surface area contributed by atoms with E-state index >= 15 is 0 Å². The van der Waals surface area contributed by atoms with Gasteiger partial charge in [0.25, 0.3) is 0 Å². The van der Waals surface area contributed by atoms with Crippen LogP contribution in [0.15, 0.2) is 190 Å². The Kier molecular flexibility index (Phi) is 10.4. The van der Waals surface area contributed by atoms with Gasteiger partial charge in [-0.15, -0.1) is 0 Å². The topological polar surface area (TPSA) is 101 Å². The van der Waals surface area contributed by atoms with Gasteiger partial charge in [-0.1, -0.05) is 170 Å². The van der Waals surface area contributed by atoms with Crippen LogP contribution in [0.25, 0.3) is 11.1 Å². The first-order chi connectivity index (χ1) is 23.6. The molecule has 234 valence electrons. The molecule has 6 aromatic rings. The van der Waals surface area contributed by atoms with Gasteiger partial charge in [-0.25, -0.2) is 9.98 Å². The molecule has 0 bridgehead atoms. The molecule has 48 heavy (non-hydrogen) atoms. The van der Waals surface area contributed by atoms with E-state index in [1.165, 1.54) is 0 Å². The third kappa shape index (κ3) is 8.44. The Hall–Kier alpha value is -6.40. The quantitative estimate of drug-likeness (QED) is 0.126. The van der Waals surface area contributed by atoms with E-state index in [-0.39, 0.29) is 0 Å². The normalized spacial score (nSPS) is 12.6. The highest BCUT2D eigenvalue weighted by Gasteiger charge is 2.08. The summed E-state index contributed by atoms with van der Waals surface area (Å²) < 4.78 is 0. The van der Waals surface area contributed by atoms with E-state index in [0.29, 0.717) is 36.4 Å². The fourth-order valence-electron chi connectivity index (χ4n) is 5.07. The van der Waals surface area contributed by atoms with Crippen LogP contribution in [0.1, 0.15) is 33.4 Å². The predicted octanol–water partition coefficient (Wildman–Crippen LogP) is 8.06. The number of hydrogen-bond acceptors (Lipinski definition) is 2. The minimum atomic E-state index is 0.425. The fourth-order valence-corrected chi connectivity index (χ4v) is 5.07. The van der Waals surface area contributed by atoms with Crippen LogP contribution in [-0.2, 0) is 13.1 Å². The van der Waals surface area contributed by atoms with Gasteiger partial charge in [0.2, 0.25) is 0 Å². The van der Waals surface area contributed by atoms with Crippen LogP contribution in [-0.4, -0.2) is 23.3 Å². The zero-order valence-corrected chi connectivity index (χ0v) is 26.5. The molecular weight excluding hydrogens is 589 g/mol. The Balaban J connectivity index is 1.21. The van der Waals surface area contributed by atoms with E-state index in [0.717, 1.165) is 44.5 Å². The van der Waals surface area contributed by atoms with Crippen molar-refractivity contribution >= 4 is 23.3 Å². The molecule has 0 aliphatic heterocycles. The van der Waals surface area contributed by atoms with Crippen molar-refractivity contribution in [2.75, 3.05) is 0 Å². The summed E-state index contributed by atoms with van der Waals surface area (Å²) in [5.41, 5.74) is 20.6. The largest absolute Gasteiger partial charge is 0.383 e. The van der Waals surface area contributed by atoms with Crippen molar-refractivity contribution in [2.24, 2.45) is 31.4 Å². The maximum Gasteiger partial charge on any atom is 0.157 e. The van der Waals surface area contributed by atoms with Crippen molar-refractivity contribution in [2.45, 2.75) is 13.1 Å². The Bertz CT molecular complexity index is 2030. The van der Waals surface area contributed by atoms with E-state index in [1.54, 1.807) is 0 Å². The molecule has 0 saturated heterocycles. The van der Waals surface area contributed by atoms with Crippen molar-refractivity contribution in [3.8, 4) is 11.1 Å². The molecule has 6 aromatic carbocycles. The molecule has 6 nitrogen and oxygen atoms in total. The third-order valence-electron chi connectivity index (χ3n) is 7.72. The number of nitrogens with two attached hydrogens (primary N) is 2. The number of nitrogens with zero attached hydrogens (tertiary/aromatic N) is 4. The summed E-state index contributed by atoms with van der Waals surface area (Å²) in [4.78, 5) is 19.2. The van der Waals surface area contributed by atoms with Crippen molar-refractivity contribution in [3.63, 3.8) is 0 Å². The molecule has 0 aliphatic carbocycles. The first-order valence-electron chi connectivity index (χ1n) is 15.8. The monoisotopic (exact) mass is 624 g/mol. The van der Waals surface area contributed by atoms with E-state index in [4.69, 9.17) is 31.4 Å². The summed E-state index contributed by atoms with van der Waals surface area (Å²) in [6.45, 7) is 0.973. The van der Waals surface area contributed by atoms with Gasteiger partial charge >= 0.3 is 0 Å². The van der Waals surface area contributed by atoms with Crippen molar-refractivity contribution < 1.29 is 0 Å². The second kappa shape index (κ2) is 15.7. The predicted molar refractivity (Wildman–Crippen MR) is 200 cm³/mol. The molecular formula is C42H36N6. The van der Waals surface area contributed by atoms with Gasteiger partial charge in [-0.05, 0) is 22.3 Å². The van der Waals surface area contributed by atoms with E-state index < -0.39 is 0 Å². The second-order valence-corrected chi connectivity index (χ2v) is 11.1. The van der Waals surface area contributed by atoms with Crippen LogP contribution >= 0.6 is 0 Å². The minimum Gasteiger partial charge on any atom is -0.383 e. The number of benzene rings is 6. The SMILES string of the molecule is NC(=NC(=NCc1ccc(-c2ccc(C(N=C(N)c3ccccc3)=NCc3ccccc3)cc2)cc1)c1ccccc1)c1ccccc1. The minimum absolute atomic E-state index is 0.425. The maximum atomic E-state index is 6.41. The highest BCUT2D eigenvalue weighted by Crippen LogP contribution is 2.22. The number of hydrogen-bond donors (Lipinski definition) is 2. The standard InChI is InChI=1S/C42H36N6/c43-39(35-15-7-2-8-16-35)47-41(37-19-11-4-12-20-37)46-30-32-21-23-33(24-22-32)34-25-27-38(28-26-34)42(45-29-31-13-5-1-6-14-31)48-40(44)36-17-9-3-10-18-36/h1-28H,29-30H2,(H2,43,46,47)(H2,44,45,48). The highest BCUT2D eigenvalue weighted by atomic mass is 15.0. The first-order valence-corrected chi connectivity index (χ1v) is 15.8. The average molecular weight is 625 g/mol. The summed E-state index contributed by atoms with van der Waals surface area (Å²) in [6.07, 6.45) is 0. The smallest absolute Gasteiger partial charge is 0.157 e. The molecule has 0 aromatic heterocycles. The molecule has 0 saturated carbocycles. The highest BCUT2D eigenvalue weighted by molar-refractivity contribution is 6.11. The fraction of sp³-hybridized carbons (Fsp3) is 0.0476. The maximum absolute atomic E-state index is 6.41. The lowest BCUT2D eigenvalue weighted by molar-refractivity contribution is 1.06. The van der Waals surface area contributed by atoms with E-state index in [9.17, 15) is 0 Å². The van der Waals surface area contributed by atoms with Crippen molar-refractivity contribution in [1.82, 2.24) is 0 Å². The second-order valence-electron chi connectivity index (χ2n) is 11.1. The summed E-state index contributed by atoms with van der Waals surface area (Å²) in [5.74, 6) is 2.04. The van der Waals surface area contributed by atoms with E-state index in [1.807, 2.05) is 121 Å². The lowest BCUT2D eigenvalue weighted by Crippen LogP contribution is -2.16. The summed E-state index contributed by atoms with van der Waals surface area (Å²) in [6, 6.07) is 56.2. The molecule has 4 N–H and O–H groups in total. The molecule has 0 unspecified atom stereocenters.